The maximum absolute atomic E-state index is 4.95. The van der Waals surface area contributed by atoms with E-state index in [-0.39, 0.29) is 0 Å². The van der Waals surface area contributed by atoms with E-state index in [9.17, 15) is 0 Å². The molecule has 0 saturated heterocycles. The Hall–Kier alpha value is -1.76. The normalized spacial score (nSPS) is 11.3. The van der Waals surface area contributed by atoms with Crippen LogP contribution in [0.3, 0.4) is 0 Å². The van der Waals surface area contributed by atoms with Crippen molar-refractivity contribution in [2.75, 3.05) is 0 Å². The van der Waals surface area contributed by atoms with Crippen LogP contribution < -0.4 is 0 Å². The molecule has 2 rings (SSSR count). The lowest BCUT2D eigenvalue weighted by Gasteiger charge is -1.92. The molecule has 78 valence electrons. The molecular formula is C8H10N6S. The summed E-state index contributed by atoms with van der Waals surface area (Å²) >= 11 is 4.95. The zero-order valence-electron chi connectivity index (χ0n) is 8.38. The molecule has 0 aliphatic heterocycles. The second-order valence-corrected chi connectivity index (χ2v) is 3.47. The van der Waals surface area contributed by atoms with Crippen LogP contribution in [0.2, 0.25) is 0 Å². The molecule has 0 bridgehead atoms. The first-order chi connectivity index (χ1) is 7.16. The summed E-state index contributed by atoms with van der Waals surface area (Å²) in [5.74, 6) is 0. The van der Waals surface area contributed by atoms with Crippen molar-refractivity contribution < 1.29 is 0 Å². The molecule has 0 atom stereocenters. The second-order valence-electron chi connectivity index (χ2n) is 3.08. The first kappa shape index (κ1) is 9.78. The summed E-state index contributed by atoms with van der Waals surface area (Å²) < 4.78 is 3.70. The summed E-state index contributed by atoms with van der Waals surface area (Å²) in [6.07, 6.45) is 3.20. The van der Waals surface area contributed by atoms with E-state index in [1.807, 2.05) is 20.0 Å². The number of H-pyrrole nitrogens is 1. The van der Waals surface area contributed by atoms with Crippen molar-refractivity contribution in [1.82, 2.24) is 24.7 Å². The Morgan fingerprint density at radius 3 is 2.93 bits per heavy atom. The van der Waals surface area contributed by atoms with Gasteiger partial charge in [0.1, 0.15) is 6.33 Å². The monoisotopic (exact) mass is 222 g/mol. The number of nitrogens with zero attached hydrogens (tertiary/aromatic N) is 5. The highest BCUT2D eigenvalue weighted by molar-refractivity contribution is 7.71. The summed E-state index contributed by atoms with van der Waals surface area (Å²) in [6, 6.07) is 1.94. The van der Waals surface area contributed by atoms with Crippen molar-refractivity contribution in [1.29, 1.82) is 0 Å². The van der Waals surface area contributed by atoms with Crippen LogP contribution in [0.15, 0.2) is 17.5 Å². The van der Waals surface area contributed by atoms with E-state index in [1.165, 1.54) is 11.0 Å². The lowest BCUT2D eigenvalue weighted by atomic mass is 10.4. The van der Waals surface area contributed by atoms with Crippen LogP contribution in [0, 0.1) is 11.7 Å². The lowest BCUT2D eigenvalue weighted by Crippen LogP contribution is -1.98. The smallest absolute Gasteiger partial charge is 0.216 e. The quantitative estimate of drug-likeness (QED) is 0.605. The number of aromatic nitrogens is 5. The molecule has 2 aromatic heterocycles. The van der Waals surface area contributed by atoms with E-state index in [0.29, 0.717) is 4.77 Å². The van der Waals surface area contributed by atoms with Crippen LogP contribution >= 0.6 is 12.2 Å². The SMILES string of the molecule is Cc1cc(C=Nn2cn[nH]c2=S)n(C)n1. The third-order valence-electron chi connectivity index (χ3n) is 1.89. The van der Waals surface area contributed by atoms with Crippen LogP contribution in [-0.4, -0.2) is 30.9 Å². The van der Waals surface area contributed by atoms with E-state index in [1.54, 1.807) is 10.9 Å². The van der Waals surface area contributed by atoms with Gasteiger partial charge in [-0.2, -0.15) is 20.0 Å². The van der Waals surface area contributed by atoms with Crippen molar-refractivity contribution in [2.45, 2.75) is 6.92 Å². The average Bonchev–Trinajstić information content (AvgIpc) is 2.70. The fourth-order valence-corrected chi connectivity index (χ4v) is 1.34. The van der Waals surface area contributed by atoms with Gasteiger partial charge in [0.2, 0.25) is 4.77 Å². The molecule has 1 N–H and O–H groups in total. The molecule has 2 aromatic rings. The van der Waals surface area contributed by atoms with Gasteiger partial charge in [-0.3, -0.25) is 9.78 Å². The number of nitrogens with one attached hydrogen (secondary N) is 1. The van der Waals surface area contributed by atoms with Gasteiger partial charge < -0.3 is 0 Å². The predicted octanol–water partition coefficient (Wildman–Crippen LogP) is 0.865. The average molecular weight is 222 g/mol. The standard InChI is InChI=1S/C8H10N6S/c1-6-3-7(13(2)12-6)4-10-14-5-9-11-8(14)15/h3-5H,1-2H3,(H,11,15). The topological polar surface area (TPSA) is 63.8 Å². The Morgan fingerprint density at radius 1 is 1.60 bits per heavy atom. The summed E-state index contributed by atoms with van der Waals surface area (Å²) in [5.41, 5.74) is 1.87. The van der Waals surface area contributed by atoms with Crippen LogP contribution in [-0.2, 0) is 7.05 Å². The van der Waals surface area contributed by atoms with Crippen molar-refractivity contribution in [3.05, 3.63) is 28.6 Å². The van der Waals surface area contributed by atoms with E-state index in [2.05, 4.69) is 20.4 Å². The number of rotatable bonds is 2. The molecule has 0 saturated carbocycles. The molecule has 0 aliphatic rings. The van der Waals surface area contributed by atoms with Crippen molar-refractivity contribution in [3.63, 3.8) is 0 Å². The van der Waals surface area contributed by atoms with Crippen LogP contribution in [0.4, 0.5) is 0 Å². The van der Waals surface area contributed by atoms with Gasteiger partial charge in [0, 0.05) is 7.05 Å². The summed E-state index contributed by atoms with van der Waals surface area (Å²) in [5, 5.41) is 14.7. The van der Waals surface area contributed by atoms with Gasteiger partial charge in [0.15, 0.2) is 0 Å². The van der Waals surface area contributed by atoms with Gasteiger partial charge >= 0.3 is 0 Å². The van der Waals surface area contributed by atoms with Crippen molar-refractivity contribution in [2.24, 2.45) is 12.1 Å². The van der Waals surface area contributed by atoms with Crippen LogP contribution in [0.25, 0.3) is 0 Å². The van der Waals surface area contributed by atoms with E-state index in [4.69, 9.17) is 12.2 Å². The molecule has 0 aliphatic carbocycles. The summed E-state index contributed by atoms with van der Waals surface area (Å²) in [4.78, 5) is 0. The number of hydrogen-bond acceptors (Lipinski definition) is 4. The minimum absolute atomic E-state index is 0.463. The highest BCUT2D eigenvalue weighted by Gasteiger charge is 1.98. The van der Waals surface area contributed by atoms with E-state index < -0.39 is 0 Å². The Morgan fingerprint density at radius 2 is 2.40 bits per heavy atom. The third kappa shape index (κ3) is 2.01. The minimum Gasteiger partial charge on any atom is -0.267 e. The highest BCUT2D eigenvalue weighted by Crippen LogP contribution is 1.98. The Balaban J connectivity index is 2.29. The number of hydrogen-bond donors (Lipinski definition) is 1. The van der Waals surface area contributed by atoms with Gasteiger partial charge in [-0.1, -0.05) is 0 Å². The predicted molar refractivity (Wildman–Crippen MR) is 58.3 cm³/mol. The third-order valence-corrected chi connectivity index (χ3v) is 2.17. The van der Waals surface area contributed by atoms with Gasteiger partial charge in [-0.15, -0.1) is 0 Å². The van der Waals surface area contributed by atoms with Gasteiger partial charge in [0.05, 0.1) is 17.6 Å². The molecule has 0 amide bonds. The zero-order chi connectivity index (χ0) is 10.8. The Labute approximate surface area is 91.2 Å². The second kappa shape index (κ2) is 3.77. The van der Waals surface area contributed by atoms with Gasteiger partial charge in [0.25, 0.3) is 0 Å². The lowest BCUT2D eigenvalue weighted by molar-refractivity contribution is 0.749. The Bertz CT molecular complexity index is 545. The van der Waals surface area contributed by atoms with Gasteiger partial charge in [-0.05, 0) is 25.2 Å². The molecule has 0 spiro atoms. The molecular weight excluding hydrogens is 212 g/mol. The van der Waals surface area contributed by atoms with Crippen molar-refractivity contribution >= 4 is 18.4 Å². The highest BCUT2D eigenvalue weighted by atomic mass is 32.1. The number of aryl methyl sites for hydroxylation is 2. The molecule has 0 unspecified atom stereocenters. The number of aromatic amines is 1. The zero-order valence-corrected chi connectivity index (χ0v) is 9.19. The Kier molecular flexibility index (Phi) is 2.46. The first-order valence-electron chi connectivity index (χ1n) is 4.34. The molecule has 6 nitrogen and oxygen atoms in total. The molecule has 2 heterocycles. The molecule has 7 heteroatoms. The largest absolute Gasteiger partial charge is 0.267 e. The fraction of sp³-hybridized carbons (Fsp3) is 0.250. The maximum Gasteiger partial charge on any atom is 0.216 e. The minimum atomic E-state index is 0.463. The fourth-order valence-electron chi connectivity index (χ4n) is 1.20. The maximum atomic E-state index is 4.95. The van der Waals surface area contributed by atoms with E-state index >= 15 is 0 Å². The van der Waals surface area contributed by atoms with Crippen LogP contribution in [0.1, 0.15) is 11.4 Å². The van der Waals surface area contributed by atoms with E-state index in [0.717, 1.165) is 11.4 Å². The van der Waals surface area contributed by atoms with Crippen LogP contribution in [0.5, 0.6) is 0 Å². The molecule has 15 heavy (non-hydrogen) atoms. The molecule has 0 radical (unpaired) electrons. The molecule has 0 aromatic carbocycles. The first-order valence-corrected chi connectivity index (χ1v) is 4.74. The summed E-state index contributed by atoms with van der Waals surface area (Å²) in [6.45, 7) is 1.93. The summed E-state index contributed by atoms with van der Waals surface area (Å²) in [7, 11) is 1.86. The molecule has 0 fully saturated rings. The van der Waals surface area contributed by atoms with Crippen molar-refractivity contribution in [3.8, 4) is 0 Å². The van der Waals surface area contributed by atoms with Gasteiger partial charge in [-0.25, -0.2) is 0 Å².